The molecular formula is C17H24O2. The average Bonchev–Trinajstić information content (AvgIpc) is 3.12. The molecule has 2 nitrogen and oxygen atoms in total. The normalized spacial score (nSPS) is 18.8. The highest BCUT2D eigenvalue weighted by molar-refractivity contribution is 5.44. The maximum Gasteiger partial charge on any atom is 0.231 e. The quantitative estimate of drug-likeness (QED) is 0.740. The van der Waals surface area contributed by atoms with Crippen LogP contribution in [0.4, 0.5) is 0 Å². The van der Waals surface area contributed by atoms with Crippen LogP contribution in [0.15, 0.2) is 31.4 Å². The summed E-state index contributed by atoms with van der Waals surface area (Å²) in [5, 5.41) is 0. The Morgan fingerprint density at radius 3 is 2.58 bits per heavy atom. The predicted molar refractivity (Wildman–Crippen MR) is 78.6 cm³/mol. The molecule has 0 N–H and O–H groups in total. The minimum atomic E-state index is 0.372. The second kappa shape index (κ2) is 6.65. The van der Waals surface area contributed by atoms with Crippen LogP contribution >= 0.6 is 0 Å². The van der Waals surface area contributed by atoms with Crippen LogP contribution in [-0.4, -0.2) is 6.79 Å². The first-order valence-corrected chi connectivity index (χ1v) is 7.21. The van der Waals surface area contributed by atoms with Gasteiger partial charge in [-0.05, 0) is 36.0 Å². The Labute approximate surface area is 116 Å². The van der Waals surface area contributed by atoms with E-state index >= 15 is 0 Å². The van der Waals surface area contributed by atoms with Crippen molar-refractivity contribution >= 4 is 0 Å². The lowest BCUT2D eigenvalue weighted by Gasteiger charge is -2.18. The summed E-state index contributed by atoms with van der Waals surface area (Å²) in [5.41, 5.74) is 1.38. The molecule has 1 aromatic carbocycles. The smallest absolute Gasteiger partial charge is 0.231 e. The van der Waals surface area contributed by atoms with Gasteiger partial charge >= 0.3 is 0 Å². The maximum atomic E-state index is 5.42. The molecule has 0 aromatic heterocycles. The molecule has 1 aliphatic carbocycles. The topological polar surface area (TPSA) is 18.5 Å². The molecule has 104 valence electrons. The van der Waals surface area contributed by atoms with E-state index in [0.29, 0.717) is 6.79 Å². The number of hydrogen-bond donors (Lipinski definition) is 0. The molecule has 2 heteroatoms. The van der Waals surface area contributed by atoms with E-state index in [4.69, 9.17) is 9.47 Å². The molecule has 1 unspecified atom stereocenters. The van der Waals surface area contributed by atoms with Gasteiger partial charge in [0.2, 0.25) is 6.79 Å². The van der Waals surface area contributed by atoms with Gasteiger partial charge in [-0.15, -0.1) is 13.2 Å². The fraction of sp³-hybridized carbons (Fsp3) is 0.529. The number of benzene rings is 1. The Kier molecular flexibility index (Phi) is 4.89. The molecule has 1 fully saturated rings. The van der Waals surface area contributed by atoms with Gasteiger partial charge in [-0.25, -0.2) is 0 Å². The van der Waals surface area contributed by atoms with E-state index < -0.39 is 0 Å². The number of rotatable bonds is 3. The first-order chi connectivity index (χ1) is 9.33. The molecule has 0 spiro atoms. The third-order valence-electron chi connectivity index (χ3n) is 4.20. The molecule has 3 rings (SSSR count). The second-order valence-electron chi connectivity index (χ2n) is 5.41. The minimum Gasteiger partial charge on any atom is -0.454 e. The fourth-order valence-corrected chi connectivity index (χ4v) is 3.13. The molecule has 0 radical (unpaired) electrons. The Morgan fingerprint density at radius 2 is 1.84 bits per heavy atom. The lowest BCUT2D eigenvalue weighted by molar-refractivity contribution is 0.174. The van der Waals surface area contributed by atoms with Gasteiger partial charge in [0.15, 0.2) is 11.5 Å². The minimum absolute atomic E-state index is 0.372. The lowest BCUT2D eigenvalue weighted by Crippen LogP contribution is -2.10. The van der Waals surface area contributed by atoms with Crippen molar-refractivity contribution in [1.82, 2.24) is 0 Å². The van der Waals surface area contributed by atoms with E-state index in [0.717, 1.165) is 23.3 Å². The zero-order valence-electron chi connectivity index (χ0n) is 11.9. The van der Waals surface area contributed by atoms with Crippen molar-refractivity contribution in [2.24, 2.45) is 11.8 Å². The summed E-state index contributed by atoms with van der Waals surface area (Å²) in [7, 11) is 0. The molecule has 0 bridgehead atoms. The highest BCUT2D eigenvalue weighted by atomic mass is 16.7. The highest BCUT2D eigenvalue weighted by Gasteiger charge is 2.22. The van der Waals surface area contributed by atoms with E-state index in [2.05, 4.69) is 32.2 Å². The SMILES string of the molecule is C=C.CC(Cc1ccc2c(c1)OCO2)C1CCCC1. The summed E-state index contributed by atoms with van der Waals surface area (Å²) in [4.78, 5) is 0. The van der Waals surface area contributed by atoms with Crippen LogP contribution in [0.3, 0.4) is 0 Å². The van der Waals surface area contributed by atoms with Crippen LogP contribution in [0.25, 0.3) is 0 Å². The van der Waals surface area contributed by atoms with Crippen LogP contribution in [0.5, 0.6) is 11.5 Å². The van der Waals surface area contributed by atoms with Gasteiger partial charge in [0.1, 0.15) is 0 Å². The van der Waals surface area contributed by atoms with Crippen LogP contribution in [0, 0.1) is 11.8 Å². The molecule has 1 atom stereocenters. The second-order valence-corrected chi connectivity index (χ2v) is 5.41. The van der Waals surface area contributed by atoms with E-state index in [9.17, 15) is 0 Å². The summed E-state index contributed by atoms with van der Waals surface area (Å²) in [5.74, 6) is 3.53. The molecule has 0 saturated heterocycles. The monoisotopic (exact) mass is 260 g/mol. The van der Waals surface area contributed by atoms with Gasteiger partial charge in [-0.3, -0.25) is 0 Å². The first kappa shape index (κ1) is 14.0. The largest absolute Gasteiger partial charge is 0.454 e. The fourth-order valence-electron chi connectivity index (χ4n) is 3.13. The van der Waals surface area contributed by atoms with Gasteiger partial charge in [0.25, 0.3) is 0 Å². The Balaban J connectivity index is 0.000000637. The standard InChI is InChI=1S/C15H20O2.C2H4/c1-11(13-4-2-3-5-13)8-12-6-7-14-15(9-12)17-10-16-14;1-2/h6-7,9,11,13H,2-5,8,10H2,1H3;1-2H2. The summed E-state index contributed by atoms with van der Waals surface area (Å²) in [6.45, 7) is 8.76. The Hall–Kier alpha value is -1.44. The zero-order valence-corrected chi connectivity index (χ0v) is 11.9. The van der Waals surface area contributed by atoms with E-state index in [1.807, 2.05) is 6.07 Å². The molecule has 0 amide bonds. The zero-order chi connectivity index (χ0) is 13.7. The van der Waals surface area contributed by atoms with Crippen molar-refractivity contribution < 1.29 is 9.47 Å². The van der Waals surface area contributed by atoms with Crippen molar-refractivity contribution in [3.05, 3.63) is 36.9 Å². The lowest BCUT2D eigenvalue weighted by atomic mass is 9.87. The molecular weight excluding hydrogens is 236 g/mol. The van der Waals surface area contributed by atoms with Gasteiger partial charge in [0.05, 0.1) is 0 Å². The van der Waals surface area contributed by atoms with Gasteiger partial charge in [-0.2, -0.15) is 0 Å². The number of hydrogen-bond acceptors (Lipinski definition) is 2. The predicted octanol–water partition coefficient (Wildman–Crippen LogP) is 4.59. The summed E-state index contributed by atoms with van der Waals surface area (Å²) in [6, 6.07) is 6.37. The molecule has 1 aromatic rings. The van der Waals surface area contributed by atoms with Crippen LogP contribution in [0.1, 0.15) is 38.2 Å². The maximum absolute atomic E-state index is 5.42. The van der Waals surface area contributed by atoms with Crippen LogP contribution < -0.4 is 9.47 Å². The number of fused-ring (bicyclic) bond motifs is 1. The number of ether oxygens (including phenoxy) is 2. The molecule has 1 aliphatic heterocycles. The first-order valence-electron chi connectivity index (χ1n) is 7.21. The summed E-state index contributed by atoms with van der Waals surface area (Å²) < 4.78 is 10.8. The van der Waals surface area contributed by atoms with Crippen molar-refractivity contribution in [3.8, 4) is 11.5 Å². The molecule has 1 saturated carbocycles. The molecule has 1 heterocycles. The van der Waals surface area contributed by atoms with E-state index in [1.54, 1.807) is 0 Å². The Bertz CT molecular complexity index is 408. The average molecular weight is 260 g/mol. The van der Waals surface area contributed by atoms with Crippen LogP contribution in [0.2, 0.25) is 0 Å². The van der Waals surface area contributed by atoms with Gasteiger partial charge < -0.3 is 9.47 Å². The van der Waals surface area contributed by atoms with Gasteiger partial charge in [0, 0.05) is 0 Å². The van der Waals surface area contributed by atoms with Gasteiger partial charge in [-0.1, -0.05) is 38.7 Å². The third-order valence-corrected chi connectivity index (χ3v) is 4.20. The Morgan fingerprint density at radius 1 is 1.16 bits per heavy atom. The third kappa shape index (κ3) is 3.31. The van der Waals surface area contributed by atoms with E-state index in [1.165, 1.54) is 37.7 Å². The van der Waals surface area contributed by atoms with Crippen molar-refractivity contribution in [3.63, 3.8) is 0 Å². The van der Waals surface area contributed by atoms with Crippen molar-refractivity contribution in [1.29, 1.82) is 0 Å². The summed E-state index contributed by atoms with van der Waals surface area (Å²) in [6.07, 6.45) is 6.87. The van der Waals surface area contributed by atoms with E-state index in [-0.39, 0.29) is 0 Å². The molecule has 2 aliphatic rings. The molecule has 19 heavy (non-hydrogen) atoms. The highest BCUT2D eigenvalue weighted by Crippen LogP contribution is 2.36. The summed E-state index contributed by atoms with van der Waals surface area (Å²) >= 11 is 0. The van der Waals surface area contributed by atoms with Crippen LogP contribution in [-0.2, 0) is 6.42 Å². The van der Waals surface area contributed by atoms with Crippen molar-refractivity contribution in [2.45, 2.75) is 39.0 Å². The van der Waals surface area contributed by atoms with Crippen molar-refractivity contribution in [2.75, 3.05) is 6.79 Å².